The third kappa shape index (κ3) is 4.90. The van der Waals surface area contributed by atoms with Crippen LogP contribution in [0.15, 0.2) is 54.9 Å². The summed E-state index contributed by atoms with van der Waals surface area (Å²) >= 11 is 0. The van der Waals surface area contributed by atoms with Gasteiger partial charge in [-0.25, -0.2) is 0 Å². The SMILES string of the molecule is O=C(CN1CCCC(c2ccccc2)C1)NCCc1ccncc1. The summed E-state index contributed by atoms with van der Waals surface area (Å²) in [5.74, 6) is 0.669. The van der Waals surface area contributed by atoms with Gasteiger partial charge in [-0.05, 0) is 55.0 Å². The Labute approximate surface area is 143 Å². The third-order valence-corrected chi connectivity index (χ3v) is 4.63. The average molecular weight is 323 g/mol. The summed E-state index contributed by atoms with van der Waals surface area (Å²) < 4.78 is 0. The summed E-state index contributed by atoms with van der Waals surface area (Å²) in [6, 6.07) is 14.6. The van der Waals surface area contributed by atoms with Gasteiger partial charge in [0.2, 0.25) is 5.91 Å². The third-order valence-electron chi connectivity index (χ3n) is 4.63. The highest BCUT2D eigenvalue weighted by molar-refractivity contribution is 5.78. The maximum absolute atomic E-state index is 12.2. The minimum absolute atomic E-state index is 0.123. The van der Waals surface area contributed by atoms with Gasteiger partial charge in [-0.2, -0.15) is 0 Å². The smallest absolute Gasteiger partial charge is 0.234 e. The Bertz CT molecular complexity index is 630. The van der Waals surface area contributed by atoms with Crippen LogP contribution in [0.1, 0.15) is 29.9 Å². The van der Waals surface area contributed by atoms with Gasteiger partial charge in [0.1, 0.15) is 0 Å². The van der Waals surface area contributed by atoms with E-state index in [2.05, 4.69) is 45.5 Å². The summed E-state index contributed by atoms with van der Waals surface area (Å²) in [5.41, 5.74) is 2.59. The Balaban J connectivity index is 1.42. The largest absolute Gasteiger partial charge is 0.355 e. The van der Waals surface area contributed by atoms with Crippen LogP contribution in [0.25, 0.3) is 0 Å². The molecule has 4 nitrogen and oxygen atoms in total. The van der Waals surface area contributed by atoms with Crippen LogP contribution >= 0.6 is 0 Å². The lowest BCUT2D eigenvalue weighted by Crippen LogP contribution is -2.42. The van der Waals surface area contributed by atoms with Crippen molar-refractivity contribution in [3.8, 4) is 0 Å². The molecule has 1 aliphatic heterocycles. The molecular weight excluding hydrogens is 298 g/mol. The standard InChI is InChI=1S/C20H25N3O/c24-20(22-13-10-17-8-11-21-12-9-17)16-23-14-4-7-19(15-23)18-5-2-1-3-6-18/h1-3,5-6,8-9,11-12,19H,4,7,10,13-16H2,(H,22,24). The van der Waals surface area contributed by atoms with Crippen molar-refractivity contribution >= 4 is 5.91 Å². The molecular formula is C20H25N3O. The zero-order chi connectivity index (χ0) is 16.6. The molecule has 0 aliphatic carbocycles. The van der Waals surface area contributed by atoms with Gasteiger partial charge >= 0.3 is 0 Å². The predicted molar refractivity (Wildman–Crippen MR) is 95.8 cm³/mol. The number of amides is 1. The molecule has 1 N–H and O–H groups in total. The number of carbonyl (C=O) groups excluding carboxylic acids is 1. The molecule has 24 heavy (non-hydrogen) atoms. The maximum Gasteiger partial charge on any atom is 0.234 e. The van der Waals surface area contributed by atoms with Gasteiger partial charge in [-0.3, -0.25) is 14.7 Å². The normalized spacial score (nSPS) is 18.2. The van der Waals surface area contributed by atoms with E-state index in [-0.39, 0.29) is 5.91 Å². The highest BCUT2D eigenvalue weighted by Gasteiger charge is 2.22. The average Bonchev–Trinajstić information content (AvgIpc) is 2.63. The van der Waals surface area contributed by atoms with Crippen LogP contribution < -0.4 is 5.32 Å². The van der Waals surface area contributed by atoms with Gasteiger partial charge in [0.25, 0.3) is 0 Å². The van der Waals surface area contributed by atoms with Crippen molar-refractivity contribution in [2.45, 2.75) is 25.2 Å². The molecule has 3 rings (SSSR count). The fraction of sp³-hybridized carbons (Fsp3) is 0.400. The van der Waals surface area contributed by atoms with E-state index in [0.717, 1.165) is 25.9 Å². The molecule has 1 amide bonds. The Morgan fingerprint density at radius 2 is 1.96 bits per heavy atom. The van der Waals surface area contributed by atoms with Gasteiger partial charge < -0.3 is 5.32 Å². The Hall–Kier alpha value is -2.20. The van der Waals surface area contributed by atoms with Crippen molar-refractivity contribution < 1.29 is 4.79 Å². The van der Waals surface area contributed by atoms with E-state index in [1.165, 1.54) is 17.5 Å². The van der Waals surface area contributed by atoms with E-state index in [1.807, 2.05) is 12.1 Å². The molecule has 4 heteroatoms. The topological polar surface area (TPSA) is 45.2 Å². The van der Waals surface area contributed by atoms with Crippen LogP contribution in [-0.4, -0.2) is 42.0 Å². The van der Waals surface area contributed by atoms with Gasteiger partial charge in [0.15, 0.2) is 0 Å². The minimum Gasteiger partial charge on any atom is -0.355 e. The second kappa shape index (κ2) is 8.60. The Kier molecular flexibility index (Phi) is 5.96. The number of nitrogens with zero attached hydrogens (tertiary/aromatic N) is 2. The Morgan fingerprint density at radius 3 is 2.75 bits per heavy atom. The molecule has 0 saturated carbocycles. The van der Waals surface area contributed by atoms with Crippen molar-refractivity contribution in [2.75, 3.05) is 26.2 Å². The molecule has 1 atom stereocenters. The maximum atomic E-state index is 12.2. The molecule has 1 fully saturated rings. The summed E-state index contributed by atoms with van der Waals surface area (Å²) in [5, 5.41) is 3.03. The lowest BCUT2D eigenvalue weighted by Gasteiger charge is -2.32. The summed E-state index contributed by atoms with van der Waals surface area (Å²) in [6.07, 6.45) is 6.79. The molecule has 2 aromatic rings. The van der Waals surface area contributed by atoms with Crippen molar-refractivity contribution in [3.05, 3.63) is 66.0 Å². The number of hydrogen-bond acceptors (Lipinski definition) is 3. The van der Waals surface area contributed by atoms with E-state index >= 15 is 0 Å². The molecule has 126 valence electrons. The second-order valence-corrected chi connectivity index (χ2v) is 6.44. The molecule has 1 saturated heterocycles. The number of piperidine rings is 1. The lowest BCUT2D eigenvalue weighted by molar-refractivity contribution is -0.122. The highest BCUT2D eigenvalue weighted by atomic mass is 16.2. The van der Waals surface area contributed by atoms with Crippen LogP contribution in [0.4, 0.5) is 0 Å². The zero-order valence-corrected chi connectivity index (χ0v) is 14.0. The quantitative estimate of drug-likeness (QED) is 0.889. The van der Waals surface area contributed by atoms with Gasteiger partial charge in [-0.1, -0.05) is 30.3 Å². The van der Waals surface area contributed by atoms with Gasteiger partial charge in [0, 0.05) is 25.5 Å². The second-order valence-electron chi connectivity index (χ2n) is 6.44. The number of nitrogens with one attached hydrogen (secondary N) is 1. The number of pyridine rings is 1. The first kappa shape index (κ1) is 16.7. The van der Waals surface area contributed by atoms with E-state index in [0.29, 0.717) is 19.0 Å². The molecule has 1 unspecified atom stereocenters. The van der Waals surface area contributed by atoms with E-state index in [9.17, 15) is 4.79 Å². The fourth-order valence-electron chi connectivity index (χ4n) is 3.35. The summed E-state index contributed by atoms with van der Waals surface area (Å²) in [7, 11) is 0. The number of benzene rings is 1. The number of hydrogen-bond donors (Lipinski definition) is 1. The van der Waals surface area contributed by atoms with Gasteiger partial charge in [-0.15, -0.1) is 0 Å². The molecule has 0 bridgehead atoms. The number of rotatable bonds is 6. The lowest BCUT2D eigenvalue weighted by atomic mass is 9.91. The summed E-state index contributed by atoms with van der Waals surface area (Å²) in [4.78, 5) is 18.5. The van der Waals surface area contributed by atoms with E-state index in [1.54, 1.807) is 12.4 Å². The van der Waals surface area contributed by atoms with Crippen LogP contribution in [0.2, 0.25) is 0 Å². The first-order valence-corrected chi connectivity index (χ1v) is 8.74. The number of aromatic nitrogens is 1. The number of carbonyl (C=O) groups is 1. The molecule has 0 spiro atoms. The van der Waals surface area contributed by atoms with Crippen molar-refractivity contribution in [2.24, 2.45) is 0 Å². The van der Waals surface area contributed by atoms with Crippen molar-refractivity contribution in [1.29, 1.82) is 0 Å². The Morgan fingerprint density at radius 1 is 1.17 bits per heavy atom. The summed E-state index contributed by atoms with van der Waals surface area (Å²) in [6.45, 7) is 3.17. The molecule has 2 heterocycles. The van der Waals surface area contributed by atoms with Crippen LogP contribution in [0.3, 0.4) is 0 Å². The molecule has 0 radical (unpaired) electrons. The van der Waals surface area contributed by atoms with Crippen LogP contribution in [0, 0.1) is 0 Å². The number of likely N-dealkylation sites (tertiary alicyclic amines) is 1. The van der Waals surface area contributed by atoms with Gasteiger partial charge in [0.05, 0.1) is 6.54 Å². The highest BCUT2D eigenvalue weighted by Crippen LogP contribution is 2.26. The monoisotopic (exact) mass is 323 g/mol. The predicted octanol–water partition coefficient (Wildman–Crippen LogP) is 2.62. The zero-order valence-electron chi connectivity index (χ0n) is 14.0. The first-order chi connectivity index (χ1) is 11.8. The van der Waals surface area contributed by atoms with E-state index in [4.69, 9.17) is 0 Å². The van der Waals surface area contributed by atoms with Crippen molar-refractivity contribution in [1.82, 2.24) is 15.2 Å². The van der Waals surface area contributed by atoms with Crippen molar-refractivity contribution in [3.63, 3.8) is 0 Å². The molecule has 1 aliphatic rings. The van der Waals surface area contributed by atoms with Crippen LogP contribution in [-0.2, 0) is 11.2 Å². The molecule has 1 aromatic heterocycles. The fourth-order valence-corrected chi connectivity index (χ4v) is 3.35. The first-order valence-electron chi connectivity index (χ1n) is 8.74. The van der Waals surface area contributed by atoms with Crippen LogP contribution in [0.5, 0.6) is 0 Å². The minimum atomic E-state index is 0.123. The molecule has 1 aromatic carbocycles. The van der Waals surface area contributed by atoms with E-state index < -0.39 is 0 Å².